The van der Waals surface area contributed by atoms with Crippen LogP contribution in [0.25, 0.3) is 0 Å². The summed E-state index contributed by atoms with van der Waals surface area (Å²) < 4.78 is 24.0. The molecule has 3 aromatic rings. The van der Waals surface area contributed by atoms with Crippen LogP contribution in [0.15, 0.2) is 59.8 Å². The SMILES string of the molecule is Cc1cccc(Nc2c(C(=O)N3CCNC(c4ccccc4Cl)C3)cnc(S(N)(=O)=O)c2Cl)c1. The van der Waals surface area contributed by atoms with E-state index in [0.29, 0.717) is 30.3 Å². The molecule has 8 nitrogen and oxygen atoms in total. The van der Waals surface area contributed by atoms with Crippen molar-refractivity contribution in [3.63, 3.8) is 0 Å². The van der Waals surface area contributed by atoms with Crippen LogP contribution in [0.5, 0.6) is 0 Å². The van der Waals surface area contributed by atoms with Crippen LogP contribution in [0.1, 0.15) is 27.5 Å². The van der Waals surface area contributed by atoms with Crippen molar-refractivity contribution in [2.24, 2.45) is 5.14 Å². The summed E-state index contributed by atoms with van der Waals surface area (Å²) in [6, 6.07) is 14.7. The summed E-state index contributed by atoms with van der Waals surface area (Å²) in [6.45, 7) is 3.27. The highest BCUT2D eigenvalue weighted by atomic mass is 35.5. The van der Waals surface area contributed by atoms with Crippen LogP contribution >= 0.6 is 23.2 Å². The third kappa shape index (κ3) is 5.18. The summed E-state index contributed by atoms with van der Waals surface area (Å²) in [5.74, 6) is -0.343. The van der Waals surface area contributed by atoms with Gasteiger partial charge in [0.15, 0.2) is 5.03 Å². The van der Waals surface area contributed by atoms with Crippen molar-refractivity contribution in [1.29, 1.82) is 0 Å². The minimum Gasteiger partial charge on any atom is -0.354 e. The maximum absolute atomic E-state index is 13.6. The van der Waals surface area contributed by atoms with Gasteiger partial charge in [0.1, 0.15) is 5.02 Å². The number of halogens is 2. The Morgan fingerprint density at radius 3 is 2.68 bits per heavy atom. The van der Waals surface area contributed by atoms with Crippen LogP contribution in [0.4, 0.5) is 11.4 Å². The average molecular weight is 520 g/mol. The largest absolute Gasteiger partial charge is 0.354 e. The first-order chi connectivity index (χ1) is 16.1. The van der Waals surface area contributed by atoms with E-state index >= 15 is 0 Å². The number of piperazine rings is 1. The van der Waals surface area contributed by atoms with E-state index in [1.807, 2.05) is 43.3 Å². The van der Waals surface area contributed by atoms with Crippen molar-refractivity contribution < 1.29 is 13.2 Å². The maximum Gasteiger partial charge on any atom is 0.257 e. The van der Waals surface area contributed by atoms with E-state index in [0.717, 1.165) is 11.1 Å². The predicted octanol–water partition coefficient (Wildman–Crippen LogP) is 3.87. The third-order valence-corrected chi connectivity index (χ3v) is 7.19. The van der Waals surface area contributed by atoms with Gasteiger partial charge in [0.25, 0.3) is 15.9 Å². The van der Waals surface area contributed by atoms with Crippen LogP contribution in [0.2, 0.25) is 10.0 Å². The van der Waals surface area contributed by atoms with Crippen LogP contribution in [0, 0.1) is 6.92 Å². The van der Waals surface area contributed by atoms with Gasteiger partial charge in [-0.2, -0.15) is 0 Å². The lowest BCUT2D eigenvalue weighted by atomic mass is 10.0. The number of nitrogens with zero attached hydrogens (tertiary/aromatic N) is 2. The molecule has 178 valence electrons. The molecule has 4 rings (SSSR count). The van der Waals surface area contributed by atoms with Crippen molar-refractivity contribution in [3.8, 4) is 0 Å². The number of primary sulfonamides is 1. The molecule has 11 heteroatoms. The summed E-state index contributed by atoms with van der Waals surface area (Å²) in [6.07, 6.45) is 1.19. The Morgan fingerprint density at radius 1 is 1.21 bits per heavy atom. The average Bonchev–Trinajstić information content (AvgIpc) is 2.79. The molecule has 4 N–H and O–H groups in total. The van der Waals surface area contributed by atoms with E-state index in [1.54, 1.807) is 17.0 Å². The highest BCUT2D eigenvalue weighted by Gasteiger charge is 2.30. The molecule has 1 aromatic heterocycles. The molecule has 34 heavy (non-hydrogen) atoms. The minimum absolute atomic E-state index is 0.129. The molecule has 2 aromatic carbocycles. The fourth-order valence-corrected chi connectivity index (χ4v) is 5.23. The van der Waals surface area contributed by atoms with Gasteiger partial charge in [-0.3, -0.25) is 4.79 Å². The molecule has 0 radical (unpaired) electrons. The van der Waals surface area contributed by atoms with E-state index < -0.39 is 15.0 Å². The van der Waals surface area contributed by atoms with Crippen LogP contribution in [-0.4, -0.2) is 43.8 Å². The quantitative estimate of drug-likeness (QED) is 0.470. The second-order valence-corrected chi connectivity index (χ2v) is 10.2. The number of hydrogen-bond acceptors (Lipinski definition) is 6. The standard InChI is InChI=1S/C23H23Cl2N5O3S/c1-14-5-4-6-15(11-14)29-21-17(12-28-22(20(21)25)34(26,32)33)23(31)30-10-9-27-19(13-30)16-7-2-3-8-18(16)24/h2-8,11-12,19,27H,9-10,13H2,1H3,(H,28,29)(H2,26,32,33). The van der Waals surface area contributed by atoms with Crippen LogP contribution in [-0.2, 0) is 10.0 Å². The second kappa shape index (κ2) is 9.89. The Bertz CT molecular complexity index is 1350. The molecule has 1 atom stereocenters. The van der Waals surface area contributed by atoms with E-state index in [1.165, 1.54) is 6.20 Å². The number of benzene rings is 2. The number of aromatic nitrogens is 1. The third-order valence-electron chi connectivity index (χ3n) is 5.52. The Morgan fingerprint density at radius 2 is 1.97 bits per heavy atom. The Kier molecular flexibility index (Phi) is 7.11. The molecule has 1 aliphatic heterocycles. The highest BCUT2D eigenvalue weighted by molar-refractivity contribution is 7.89. The number of amides is 1. The van der Waals surface area contributed by atoms with Gasteiger partial charge in [0.05, 0.1) is 17.3 Å². The molecule has 2 heterocycles. The second-order valence-electron chi connectivity index (χ2n) is 7.98. The zero-order valence-electron chi connectivity index (χ0n) is 18.3. The number of nitrogens with two attached hydrogens (primary N) is 1. The number of rotatable bonds is 5. The summed E-state index contributed by atoms with van der Waals surface area (Å²) in [4.78, 5) is 19.2. The Balaban J connectivity index is 1.71. The summed E-state index contributed by atoms with van der Waals surface area (Å²) in [5.41, 5.74) is 2.76. The molecule has 1 fully saturated rings. The maximum atomic E-state index is 13.6. The first-order valence-corrected chi connectivity index (χ1v) is 12.8. The first-order valence-electron chi connectivity index (χ1n) is 10.5. The fraction of sp³-hybridized carbons (Fsp3) is 0.217. The number of nitrogens with one attached hydrogen (secondary N) is 2. The molecule has 1 saturated heterocycles. The molecule has 0 saturated carbocycles. The van der Waals surface area contributed by atoms with Crippen molar-refractivity contribution in [2.45, 2.75) is 18.0 Å². The monoisotopic (exact) mass is 519 g/mol. The molecule has 1 aliphatic rings. The lowest BCUT2D eigenvalue weighted by Crippen LogP contribution is -2.48. The first kappa shape index (κ1) is 24.4. The van der Waals surface area contributed by atoms with E-state index in [-0.39, 0.29) is 28.2 Å². The molecule has 0 bridgehead atoms. The van der Waals surface area contributed by atoms with Crippen molar-refractivity contribution in [1.82, 2.24) is 15.2 Å². The van der Waals surface area contributed by atoms with Gasteiger partial charge in [-0.25, -0.2) is 18.5 Å². The Hall–Kier alpha value is -2.69. The number of pyridine rings is 1. The summed E-state index contributed by atoms with van der Waals surface area (Å²) in [7, 11) is -4.21. The molecular weight excluding hydrogens is 497 g/mol. The molecule has 1 unspecified atom stereocenters. The van der Waals surface area contributed by atoms with E-state index in [2.05, 4.69) is 15.6 Å². The van der Waals surface area contributed by atoms with E-state index in [9.17, 15) is 13.2 Å². The predicted molar refractivity (Wildman–Crippen MR) is 133 cm³/mol. The smallest absolute Gasteiger partial charge is 0.257 e. The van der Waals surface area contributed by atoms with Crippen LogP contribution in [0.3, 0.4) is 0 Å². The highest BCUT2D eigenvalue weighted by Crippen LogP contribution is 2.34. The number of aryl methyl sites for hydroxylation is 1. The van der Waals surface area contributed by atoms with Crippen LogP contribution < -0.4 is 15.8 Å². The normalized spacial score (nSPS) is 16.4. The lowest BCUT2D eigenvalue weighted by molar-refractivity contribution is 0.0703. The van der Waals surface area contributed by atoms with Crippen molar-refractivity contribution >= 4 is 50.5 Å². The molecular formula is C23H23Cl2N5O3S. The molecule has 0 spiro atoms. The van der Waals surface area contributed by atoms with Gasteiger partial charge in [0.2, 0.25) is 0 Å². The zero-order valence-corrected chi connectivity index (χ0v) is 20.6. The van der Waals surface area contributed by atoms with Gasteiger partial charge in [-0.15, -0.1) is 0 Å². The number of carbonyl (C=O) groups is 1. The number of sulfonamides is 1. The lowest BCUT2D eigenvalue weighted by Gasteiger charge is -2.34. The number of carbonyl (C=O) groups excluding carboxylic acids is 1. The molecule has 0 aliphatic carbocycles. The van der Waals surface area contributed by atoms with Gasteiger partial charge in [0, 0.05) is 36.5 Å². The topological polar surface area (TPSA) is 117 Å². The van der Waals surface area contributed by atoms with Gasteiger partial charge in [-0.1, -0.05) is 53.5 Å². The van der Waals surface area contributed by atoms with Crippen molar-refractivity contribution in [3.05, 3.63) is 81.5 Å². The van der Waals surface area contributed by atoms with Crippen molar-refractivity contribution in [2.75, 3.05) is 25.0 Å². The number of anilines is 2. The zero-order chi connectivity index (χ0) is 24.5. The summed E-state index contributed by atoms with van der Waals surface area (Å²) >= 11 is 12.8. The Labute approximate surface area is 208 Å². The fourth-order valence-electron chi connectivity index (χ4n) is 3.89. The van der Waals surface area contributed by atoms with Gasteiger partial charge >= 0.3 is 0 Å². The van der Waals surface area contributed by atoms with E-state index in [4.69, 9.17) is 28.3 Å². The van der Waals surface area contributed by atoms with Gasteiger partial charge in [-0.05, 0) is 36.2 Å². The molecule has 1 amide bonds. The minimum atomic E-state index is -4.21. The number of hydrogen-bond donors (Lipinski definition) is 3. The summed E-state index contributed by atoms with van der Waals surface area (Å²) in [5, 5.41) is 11.6. The van der Waals surface area contributed by atoms with Gasteiger partial charge < -0.3 is 15.5 Å².